The SMILES string of the molecule is Cn1c(CCl)nc2cc3nc(CCl)n(C)c(=O)c3cc2c1=O. The summed E-state index contributed by atoms with van der Waals surface area (Å²) < 4.78 is 2.76. The van der Waals surface area contributed by atoms with Gasteiger partial charge in [0, 0.05) is 14.1 Å². The molecular weight excluding hydrogens is 327 g/mol. The van der Waals surface area contributed by atoms with Gasteiger partial charge in [0.15, 0.2) is 0 Å². The van der Waals surface area contributed by atoms with Gasteiger partial charge in [-0.05, 0) is 12.1 Å². The first-order valence-electron chi connectivity index (χ1n) is 6.49. The van der Waals surface area contributed by atoms with Gasteiger partial charge >= 0.3 is 0 Å². The van der Waals surface area contributed by atoms with E-state index in [1.165, 1.54) is 15.2 Å². The minimum atomic E-state index is -0.244. The van der Waals surface area contributed by atoms with E-state index in [1.807, 2.05) is 0 Å². The molecule has 2 aromatic heterocycles. The van der Waals surface area contributed by atoms with Crippen LogP contribution in [0.1, 0.15) is 11.6 Å². The van der Waals surface area contributed by atoms with Crippen LogP contribution in [-0.4, -0.2) is 19.1 Å². The maximum absolute atomic E-state index is 12.4. The van der Waals surface area contributed by atoms with Crippen LogP contribution in [0, 0.1) is 0 Å². The van der Waals surface area contributed by atoms with Crippen molar-refractivity contribution in [1.82, 2.24) is 19.1 Å². The highest BCUT2D eigenvalue weighted by Crippen LogP contribution is 2.17. The summed E-state index contributed by atoms with van der Waals surface area (Å²) in [6.07, 6.45) is 0. The zero-order valence-corrected chi connectivity index (χ0v) is 13.4. The van der Waals surface area contributed by atoms with E-state index in [-0.39, 0.29) is 22.9 Å². The number of rotatable bonds is 2. The fraction of sp³-hybridized carbons (Fsp3) is 0.286. The molecule has 0 aliphatic carbocycles. The number of hydrogen-bond acceptors (Lipinski definition) is 4. The Morgan fingerprint density at radius 3 is 1.64 bits per heavy atom. The third-order valence-electron chi connectivity index (χ3n) is 3.70. The van der Waals surface area contributed by atoms with Crippen LogP contribution in [-0.2, 0) is 25.9 Å². The van der Waals surface area contributed by atoms with Gasteiger partial charge in [0.25, 0.3) is 11.1 Å². The van der Waals surface area contributed by atoms with Crippen molar-refractivity contribution in [3.05, 3.63) is 44.5 Å². The third kappa shape index (κ3) is 2.10. The summed E-state index contributed by atoms with van der Waals surface area (Å²) in [5.74, 6) is 1.16. The van der Waals surface area contributed by atoms with E-state index < -0.39 is 0 Å². The summed E-state index contributed by atoms with van der Waals surface area (Å²) in [5, 5.41) is 0.725. The van der Waals surface area contributed by atoms with Gasteiger partial charge in [-0.25, -0.2) is 9.97 Å². The van der Waals surface area contributed by atoms with Gasteiger partial charge in [-0.2, -0.15) is 0 Å². The monoisotopic (exact) mass is 338 g/mol. The van der Waals surface area contributed by atoms with Gasteiger partial charge in [0.2, 0.25) is 0 Å². The third-order valence-corrected chi connectivity index (χ3v) is 4.17. The normalized spacial score (nSPS) is 11.5. The predicted molar refractivity (Wildman–Crippen MR) is 86.6 cm³/mol. The Kier molecular flexibility index (Phi) is 3.66. The lowest BCUT2D eigenvalue weighted by atomic mass is 10.1. The fourth-order valence-electron chi connectivity index (χ4n) is 2.37. The number of benzene rings is 1. The highest BCUT2D eigenvalue weighted by molar-refractivity contribution is 6.17. The zero-order valence-electron chi connectivity index (χ0n) is 11.9. The van der Waals surface area contributed by atoms with Gasteiger partial charge in [0.05, 0.1) is 33.6 Å². The highest BCUT2D eigenvalue weighted by atomic mass is 35.5. The number of halogens is 2. The van der Waals surface area contributed by atoms with Crippen LogP contribution in [0.4, 0.5) is 0 Å². The maximum Gasteiger partial charge on any atom is 0.261 e. The van der Waals surface area contributed by atoms with Crippen LogP contribution in [0.25, 0.3) is 21.8 Å². The first kappa shape index (κ1) is 15.0. The number of alkyl halides is 2. The Morgan fingerprint density at radius 2 is 1.27 bits per heavy atom. The maximum atomic E-state index is 12.4. The average molecular weight is 339 g/mol. The van der Waals surface area contributed by atoms with Crippen molar-refractivity contribution in [3.63, 3.8) is 0 Å². The second kappa shape index (κ2) is 5.37. The molecule has 1 aromatic carbocycles. The van der Waals surface area contributed by atoms with Crippen LogP contribution < -0.4 is 11.1 Å². The molecule has 0 radical (unpaired) electrons. The van der Waals surface area contributed by atoms with Gasteiger partial charge in [-0.3, -0.25) is 18.7 Å². The minimum absolute atomic E-state index is 0.122. The molecular formula is C14H12Cl2N4O2. The lowest BCUT2D eigenvalue weighted by molar-refractivity contribution is 0.779. The number of nitrogens with zero attached hydrogens (tertiary/aromatic N) is 4. The first-order valence-corrected chi connectivity index (χ1v) is 7.56. The molecule has 0 atom stereocenters. The van der Waals surface area contributed by atoms with Crippen LogP contribution in [0.3, 0.4) is 0 Å². The van der Waals surface area contributed by atoms with Crippen molar-refractivity contribution in [2.75, 3.05) is 0 Å². The van der Waals surface area contributed by atoms with Crippen LogP contribution in [0.5, 0.6) is 0 Å². The summed E-state index contributed by atoms with van der Waals surface area (Å²) in [7, 11) is 3.20. The van der Waals surface area contributed by atoms with E-state index in [0.717, 1.165) is 0 Å². The van der Waals surface area contributed by atoms with Crippen molar-refractivity contribution in [2.45, 2.75) is 11.8 Å². The highest BCUT2D eigenvalue weighted by Gasteiger charge is 2.13. The molecule has 0 spiro atoms. The Morgan fingerprint density at radius 1 is 0.864 bits per heavy atom. The van der Waals surface area contributed by atoms with Gasteiger partial charge in [-0.15, -0.1) is 23.2 Å². The van der Waals surface area contributed by atoms with Gasteiger partial charge in [0.1, 0.15) is 11.6 Å². The summed E-state index contributed by atoms with van der Waals surface area (Å²) >= 11 is 11.6. The topological polar surface area (TPSA) is 69.8 Å². The van der Waals surface area contributed by atoms with E-state index in [1.54, 1.807) is 20.2 Å². The molecule has 8 heteroatoms. The molecule has 0 saturated heterocycles. The van der Waals surface area contributed by atoms with Crippen molar-refractivity contribution in [3.8, 4) is 0 Å². The van der Waals surface area contributed by atoms with E-state index >= 15 is 0 Å². The van der Waals surface area contributed by atoms with Crippen molar-refractivity contribution in [1.29, 1.82) is 0 Å². The molecule has 2 heterocycles. The lowest BCUT2D eigenvalue weighted by Gasteiger charge is -2.09. The minimum Gasteiger partial charge on any atom is -0.298 e. The standard InChI is InChI=1S/C14H12Cl2N4O2/c1-19-11(5-15)17-9-4-10-8(3-7(9)13(19)21)14(22)20(2)12(6-16)18-10/h3-4H,5-6H2,1-2H3. The van der Waals surface area contributed by atoms with E-state index in [0.29, 0.717) is 33.5 Å². The molecule has 114 valence electrons. The number of aromatic nitrogens is 4. The van der Waals surface area contributed by atoms with Crippen LogP contribution >= 0.6 is 23.2 Å². The Labute approximate surface area is 134 Å². The molecule has 3 rings (SSSR count). The van der Waals surface area contributed by atoms with Crippen LogP contribution in [0.15, 0.2) is 21.7 Å². The molecule has 0 amide bonds. The molecule has 0 bridgehead atoms. The predicted octanol–water partition coefficient (Wildman–Crippen LogP) is 1.66. The van der Waals surface area contributed by atoms with Crippen molar-refractivity contribution >= 4 is 45.0 Å². The van der Waals surface area contributed by atoms with Gasteiger partial charge in [-0.1, -0.05) is 0 Å². The van der Waals surface area contributed by atoms with Crippen LogP contribution in [0.2, 0.25) is 0 Å². The molecule has 0 unspecified atom stereocenters. The zero-order chi connectivity index (χ0) is 16.0. The molecule has 3 aromatic rings. The number of fused-ring (bicyclic) bond motifs is 2. The average Bonchev–Trinajstić information content (AvgIpc) is 2.53. The Hall–Kier alpha value is -1.92. The Balaban J connectivity index is 2.52. The molecule has 0 aliphatic rings. The molecule has 0 fully saturated rings. The summed E-state index contributed by atoms with van der Waals surface area (Å²) in [6.45, 7) is 0. The second-order valence-electron chi connectivity index (χ2n) is 4.94. The quantitative estimate of drug-likeness (QED) is 0.526. The van der Waals surface area contributed by atoms with Crippen molar-refractivity contribution < 1.29 is 0 Å². The summed E-state index contributed by atoms with van der Waals surface area (Å²) in [6, 6.07) is 3.16. The molecule has 22 heavy (non-hydrogen) atoms. The molecule has 6 nitrogen and oxygen atoms in total. The fourth-order valence-corrected chi connectivity index (χ4v) is 2.85. The summed E-state index contributed by atoms with van der Waals surface area (Å²) in [5.41, 5.74) is 0.442. The molecule has 0 aliphatic heterocycles. The number of hydrogen-bond donors (Lipinski definition) is 0. The molecule has 0 saturated carbocycles. The first-order chi connectivity index (χ1) is 10.5. The largest absolute Gasteiger partial charge is 0.298 e. The van der Waals surface area contributed by atoms with E-state index in [9.17, 15) is 9.59 Å². The summed E-state index contributed by atoms with van der Waals surface area (Å²) in [4.78, 5) is 33.5. The smallest absolute Gasteiger partial charge is 0.261 e. The van der Waals surface area contributed by atoms with Gasteiger partial charge < -0.3 is 0 Å². The molecule has 0 N–H and O–H groups in total. The van der Waals surface area contributed by atoms with E-state index in [4.69, 9.17) is 23.2 Å². The van der Waals surface area contributed by atoms with E-state index in [2.05, 4.69) is 9.97 Å². The Bertz CT molecular complexity index is 944. The van der Waals surface area contributed by atoms with Crippen molar-refractivity contribution in [2.24, 2.45) is 14.1 Å². The lowest BCUT2D eigenvalue weighted by Crippen LogP contribution is -2.24. The second-order valence-corrected chi connectivity index (χ2v) is 5.47.